The molecule has 0 amide bonds. The van der Waals surface area contributed by atoms with Crippen LogP contribution in [0.4, 0.5) is 12.9 Å². The van der Waals surface area contributed by atoms with E-state index in [-0.39, 0.29) is 56.6 Å². The van der Waals surface area contributed by atoms with E-state index in [1.54, 1.807) is 6.92 Å². The first-order chi connectivity index (χ1) is 5.54. The summed E-state index contributed by atoms with van der Waals surface area (Å²) in [6.07, 6.45) is 0.801. The molecule has 0 unspecified atom stereocenters. The van der Waals surface area contributed by atoms with E-state index < -0.39 is 11.8 Å². The molecule has 1 aromatic rings. The van der Waals surface area contributed by atoms with Crippen LogP contribution in [0.25, 0.3) is 0 Å². The fraction of sp³-hybridized carbons (Fsp3) is 0.400. The van der Waals surface area contributed by atoms with Crippen LogP contribution in [0, 0.1) is 0 Å². The van der Waals surface area contributed by atoms with Crippen molar-refractivity contribution in [1.29, 1.82) is 0 Å². The summed E-state index contributed by atoms with van der Waals surface area (Å²) in [6, 6.07) is 0. The van der Waals surface area contributed by atoms with Crippen molar-refractivity contribution in [3.63, 3.8) is 0 Å². The van der Waals surface area contributed by atoms with Gasteiger partial charge in [-0.1, -0.05) is 0 Å². The molecular weight excluding hydrogens is 229 g/mol. The average Bonchev–Trinajstić information content (AvgIpc) is 2.35. The van der Waals surface area contributed by atoms with Gasteiger partial charge >= 0.3 is 58.4 Å². The fourth-order valence-electron chi connectivity index (χ4n) is 0.611. The molecule has 1 rings (SSSR count). The number of thiazole rings is 1. The molecule has 0 aliphatic carbocycles. The SMILES string of the molecule is CCOc1ncc([B-](F)(F)F)s1.[K+]. The molecule has 68 valence electrons. The topological polar surface area (TPSA) is 22.1 Å². The molecule has 0 spiro atoms. The second-order valence-corrected chi connectivity index (χ2v) is 3.06. The van der Waals surface area contributed by atoms with Crippen LogP contribution in [-0.2, 0) is 0 Å². The normalized spacial score (nSPS) is 10.8. The van der Waals surface area contributed by atoms with E-state index >= 15 is 0 Å². The molecule has 0 aliphatic rings. The van der Waals surface area contributed by atoms with Crippen molar-refractivity contribution in [1.82, 2.24) is 4.98 Å². The minimum atomic E-state index is -4.92. The van der Waals surface area contributed by atoms with E-state index in [4.69, 9.17) is 4.74 Å². The van der Waals surface area contributed by atoms with Gasteiger partial charge in [-0.05, 0) is 11.7 Å². The van der Waals surface area contributed by atoms with Crippen LogP contribution in [0.5, 0.6) is 5.19 Å². The molecule has 0 N–H and O–H groups in total. The number of ether oxygens (including phenoxy) is 1. The molecule has 0 bridgehead atoms. The van der Waals surface area contributed by atoms with E-state index in [0.29, 0.717) is 17.9 Å². The summed E-state index contributed by atoms with van der Waals surface area (Å²) in [7, 11) is 0. The first kappa shape index (κ1) is 13.9. The predicted octanol–water partition coefficient (Wildman–Crippen LogP) is -1.40. The monoisotopic (exact) mass is 235 g/mol. The molecular formula is C5H6BF3KNOS. The van der Waals surface area contributed by atoms with E-state index in [9.17, 15) is 12.9 Å². The van der Waals surface area contributed by atoms with Crippen LogP contribution in [0.1, 0.15) is 6.92 Å². The third kappa shape index (κ3) is 4.30. The fourth-order valence-corrected chi connectivity index (χ4v) is 1.33. The summed E-state index contributed by atoms with van der Waals surface area (Å²) < 4.78 is 40.2. The Balaban J connectivity index is 0.00000144. The zero-order valence-electron chi connectivity index (χ0n) is 7.26. The molecule has 1 heterocycles. The smallest absolute Gasteiger partial charge is 0.470 e. The summed E-state index contributed by atoms with van der Waals surface area (Å²) in [5.41, 5.74) is 0. The zero-order chi connectivity index (χ0) is 9.19. The third-order valence-corrected chi connectivity index (χ3v) is 2.10. The summed E-state index contributed by atoms with van der Waals surface area (Å²) in [6.45, 7) is -2.90. The third-order valence-electron chi connectivity index (χ3n) is 1.09. The Morgan fingerprint density at radius 3 is 2.54 bits per heavy atom. The van der Waals surface area contributed by atoms with E-state index in [1.807, 2.05) is 0 Å². The van der Waals surface area contributed by atoms with Gasteiger partial charge in [0.15, 0.2) is 0 Å². The first-order valence-corrected chi connectivity index (χ1v) is 4.14. The maximum absolute atomic E-state index is 12.0. The minimum Gasteiger partial charge on any atom is -0.470 e. The predicted molar refractivity (Wildman–Crippen MR) is 42.0 cm³/mol. The Morgan fingerprint density at radius 1 is 1.54 bits per heavy atom. The Labute approximate surface area is 120 Å². The Kier molecular flexibility index (Phi) is 6.12. The maximum atomic E-state index is 12.0. The Bertz CT molecular complexity index is 267. The number of rotatable bonds is 3. The second-order valence-electron chi connectivity index (χ2n) is 2.04. The number of hydrogen-bond acceptors (Lipinski definition) is 3. The van der Waals surface area contributed by atoms with E-state index in [2.05, 4.69) is 4.98 Å². The van der Waals surface area contributed by atoms with E-state index in [0.717, 1.165) is 6.20 Å². The first-order valence-electron chi connectivity index (χ1n) is 3.32. The van der Waals surface area contributed by atoms with Crippen LogP contribution >= 0.6 is 11.3 Å². The van der Waals surface area contributed by atoms with E-state index in [1.165, 1.54) is 0 Å². The van der Waals surface area contributed by atoms with Gasteiger partial charge in [-0.2, -0.15) is 0 Å². The molecule has 0 fully saturated rings. The van der Waals surface area contributed by atoms with Gasteiger partial charge in [0, 0.05) is 6.20 Å². The van der Waals surface area contributed by atoms with Crippen molar-refractivity contribution < 1.29 is 69.1 Å². The maximum Gasteiger partial charge on any atom is 1.00 e. The molecule has 0 radical (unpaired) electrons. The molecule has 0 saturated heterocycles. The number of nitrogens with zero attached hydrogens (tertiary/aromatic N) is 1. The standard InChI is InChI=1S/C5H6BF3NOS.K/c1-2-11-5-10-3-4(12-5)6(7,8)9;/h3H,2H2,1H3;/q-1;+1. The molecule has 0 aliphatic heterocycles. The number of halogens is 3. The van der Waals surface area contributed by atoms with Crippen LogP contribution in [0.2, 0.25) is 0 Å². The van der Waals surface area contributed by atoms with Gasteiger partial charge in [0.25, 0.3) is 5.19 Å². The van der Waals surface area contributed by atoms with Crippen molar-refractivity contribution in [3.05, 3.63) is 6.20 Å². The zero-order valence-corrected chi connectivity index (χ0v) is 11.2. The molecule has 0 atom stereocenters. The van der Waals surface area contributed by atoms with Crippen molar-refractivity contribution >= 4 is 23.1 Å². The van der Waals surface area contributed by atoms with Gasteiger partial charge in [-0.25, -0.2) is 4.98 Å². The van der Waals surface area contributed by atoms with Crippen LogP contribution < -0.4 is 60.9 Å². The van der Waals surface area contributed by atoms with Crippen LogP contribution in [-0.4, -0.2) is 18.6 Å². The summed E-state index contributed by atoms with van der Waals surface area (Å²) in [5, 5.41) is 0.0756. The second kappa shape index (κ2) is 5.72. The van der Waals surface area contributed by atoms with Crippen molar-refractivity contribution in [2.75, 3.05) is 6.61 Å². The van der Waals surface area contributed by atoms with Crippen molar-refractivity contribution in [2.24, 2.45) is 0 Å². The Morgan fingerprint density at radius 2 is 2.15 bits per heavy atom. The largest absolute Gasteiger partial charge is 1.00 e. The van der Waals surface area contributed by atoms with Gasteiger partial charge < -0.3 is 17.7 Å². The van der Waals surface area contributed by atoms with Gasteiger partial charge in [0.2, 0.25) is 0 Å². The molecule has 13 heavy (non-hydrogen) atoms. The molecule has 0 saturated carbocycles. The van der Waals surface area contributed by atoms with Gasteiger partial charge in [0.1, 0.15) is 0 Å². The summed E-state index contributed by atoms with van der Waals surface area (Å²) >= 11 is 0.534. The van der Waals surface area contributed by atoms with Gasteiger partial charge in [-0.15, -0.1) is 11.3 Å². The van der Waals surface area contributed by atoms with Gasteiger partial charge in [-0.3, -0.25) is 0 Å². The average molecular weight is 235 g/mol. The minimum absolute atomic E-state index is 0. The molecule has 0 aromatic carbocycles. The van der Waals surface area contributed by atoms with Crippen molar-refractivity contribution in [3.8, 4) is 5.19 Å². The Hall–Kier alpha value is 0.921. The summed E-state index contributed by atoms with van der Waals surface area (Å²) in [4.78, 5) is 3.46. The van der Waals surface area contributed by atoms with Gasteiger partial charge in [0.05, 0.1) is 6.61 Å². The quantitative estimate of drug-likeness (QED) is 0.601. The number of hydrogen-bond donors (Lipinski definition) is 0. The molecule has 8 heteroatoms. The van der Waals surface area contributed by atoms with Crippen LogP contribution in [0.15, 0.2) is 6.20 Å². The molecule has 2 nitrogen and oxygen atoms in total. The van der Waals surface area contributed by atoms with Crippen LogP contribution in [0.3, 0.4) is 0 Å². The number of aromatic nitrogens is 1. The van der Waals surface area contributed by atoms with Crippen molar-refractivity contribution in [2.45, 2.75) is 6.92 Å². The molecule has 1 aromatic heterocycles. The summed E-state index contributed by atoms with van der Waals surface area (Å²) in [5.74, 6) is 0.